The number of para-hydroxylation sites is 1. The summed E-state index contributed by atoms with van der Waals surface area (Å²) in [6.07, 6.45) is 0. The number of anilines is 1. The molecule has 1 heterocycles. The monoisotopic (exact) mass is 485 g/mol. The van der Waals surface area contributed by atoms with E-state index in [2.05, 4.69) is 10.3 Å². The van der Waals surface area contributed by atoms with E-state index in [1.54, 1.807) is 19.1 Å². The number of hydrogen-bond acceptors (Lipinski definition) is 6. The van der Waals surface area contributed by atoms with Gasteiger partial charge in [0.05, 0.1) is 12.2 Å². The number of carbonyl (C=O) groups excluding carboxylic acids is 3. The van der Waals surface area contributed by atoms with Crippen molar-refractivity contribution in [2.24, 2.45) is 0 Å². The molecule has 2 aromatic carbocycles. The van der Waals surface area contributed by atoms with Crippen LogP contribution in [0.5, 0.6) is 0 Å². The van der Waals surface area contributed by atoms with Crippen molar-refractivity contribution in [1.29, 1.82) is 0 Å². The first kappa shape index (κ1) is 24.4. The fraction of sp³-hybridized carbons (Fsp3) is 0.250. The predicted molar refractivity (Wildman–Crippen MR) is 130 cm³/mol. The summed E-state index contributed by atoms with van der Waals surface area (Å²) >= 11 is 7.10. The molecular weight excluding hydrogens is 462 g/mol. The van der Waals surface area contributed by atoms with Gasteiger partial charge in [-0.05, 0) is 44.0 Å². The van der Waals surface area contributed by atoms with Crippen molar-refractivity contribution < 1.29 is 19.1 Å². The Morgan fingerprint density at radius 3 is 2.33 bits per heavy atom. The van der Waals surface area contributed by atoms with Crippen LogP contribution in [0.1, 0.15) is 26.5 Å². The van der Waals surface area contributed by atoms with Gasteiger partial charge in [0, 0.05) is 23.3 Å². The molecule has 33 heavy (non-hydrogen) atoms. The molecule has 0 saturated heterocycles. The number of amides is 2. The topological polar surface area (TPSA) is 88.6 Å². The molecule has 0 fully saturated rings. The Kier molecular flexibility index (Phi) is 7.84. The number of nitrogens with one attached hydrogen (secondary N) is 1. The van der Waals surface area contributed by atoms with Crippen molar-refractivity contribution in [1.82, 2.24) is 9.88 Å². The summed E-state index contributed by atoms with van der Waals surface area (Å²) in [5.74, 6) is -1.45. The van der Waals surface area contributed by atoms with Crippen LogP contribution < -0.4 is 5.32 Å². The van der Waals surface area contributed by atoms with E-state index in [1.807, 2.05) is 44.2 Å². The standard InChI is InChI=1S/C24H24ClN3O4S/c1-14-6-5-7-15(2)21(14)27-19(29)12-28(4)20(30)13-32-24(31)22-16(3)26-23(33-22)17-8-10-18(25)11-9-17/h5-11H,12-13H2,1-4H3,(H,27,29). The lowest BCUT2D eigenvalue weighted by atomic mass is 10.1. The van der Waals surface area contributed by atoms with Crippen LogP contribution in [-0.4, -0.2) is 47.9 Å². The van der Waals surface area contributed by atoms with Gasteiger partial charge in [0.15, 0.2) is 6.61 Å². The summed E-state index contributed by atoms with van der Waals surface area (Å²) in [5, 5.41) is 4.09. The van der Waals surface area contributed by atoms with E-state index < -0.39 is 18.5 Å². The van der Waals surface area contributed by atoms with Crippen molar-refractivity contribution in [3.8, 4) is 10.6 Å². The Balaban J connectivity index is 1.55. The first-order valence-corrected chi connectivity index (χ1v) is 11.4. The van der Waals surface area contributed by atoms with Gasteiger partial charge in [-0.1, -0.05) is 41.9 Å². The number of ether oxygens (including phenoxy) is 1. The van der Waals surface area contributed by atoms with Crippen LogP contribution in [0.2, 0.25) is 5.02 Å². The van der Waals surface area contributed by atoms with E-state index in [-0.39, 0.29) is 12.5 Å². The predicted octanol–water partition coefficient (Wildman–Crippen LogP) is 4.64. The van der Waals surface area contributed by atoms with E-state index in [9.17, 15) is 14.4 Å². The van der Waals surface area contributed by atoms with Crippen molar-refractivity contribution in [3.63, 3.8) is 0 Å². The second kappa shape index (κ2) is 10.6. The highest BCUT2D eigenvalue weighted by Gasteiger charge is 2.21. The SMILES string of the molecule is Cc1cccc(C)c1NC(=O)CN(C)C(=O)COC(=O)c1sc(-c2ccc(Cl)cc2)nc1C. The molecule has 0 aliphatic carbocycles. The van der Waals surface area contributed by atoms with Crippen LogP contribution in [0.4, 0.5) is 5.69 Å². The molecule has 7 nitrogen and oxygen atoms in total. The van der Waals surface area contributed by atoms with Gasteiger partial charge in [-0.25, -0.2) is 9.78 Å². The molecule has 0 atom stereocenters. The fourth-order valence-corrected chi connectivity index (χ4v) is 4.19. The summed E-state index contributed by atoms with van der Waals surface area (Å²) < 4.78 is 5.19. The average molecular weight is 486 g/mol. The van der Waals surface area contributed by atoms with Crippen LogP contribution in [0, 0.1) is 20.8 Å². The highest BCUT2D eigenvalue weighted by molar-refractivity contribution is 7.17. The maximum absolute atomic E-state index is 12.5. The number of rotatable bonds is 7. The van der Waals surface area contributed by atoms with Crippen molar-refractivity contribution in [2.45, 2.75) is 20.8 Å². The van der Waals surface area contributed by atoms with Crippen molar-refractivity contribution >= 4 is 46.4 Å². The van der Waals surface area contributed by atoms with E-state index in [0.29, 0.717) is 20.6 Å². The maximum Gasteiger partial charge on any atom is 0.350 e. The Morgan fingerprint density at radius 2 is 1.70 bits per heavy atom. The molecule has 0 spiro atoms. The second-order valence-corrected chi connectivity index (χ2v) is 9.02. The van der Waals surface area contributed by atoms with Gasteiger partial charge in [-0.2, -0.15) is 0 Å². The molecule has 0 aliphatic rings. The largest absolute Gasteiger partial charge is 0.451 e. The number of esters is 1. The normalized spacial score (nSPS) is 10.6. The number of aromatic nitrogens is 1. The van der Waals surface area contributed by atoms with Gasteiger partial charge in [-0.3, -0.25) is 9.59 Å². The lowest BCUT2D eigenvalue weighted by Crippen LogP contribution is -2.37. The molecular formula is C24H24ClN3O4S. The Labute approximate surface area is 201 Å². The number of thiazole rings is 1. The van der Waals surface area contributed by atoms with Gasteiger partial charge >= 0.3 is 5.97 Å². The Hall–Kier alpha value is -3.23. The summed E-state index contributed by atoms with van der Waals surface area (Å²) in [4.78, 5) is 43.2. The van der Waals surface area contributed by atoms with E-state index in [1.165, 1.54) is 23.3 Å². The van der Waals surface area contributed by atoms with E-state index >= 15 is 0 Å². The molecule has 172 valence electrons. The van der Waals surface area contributed by atoms with Gasteiger partial charge in [-0.15, -0.1) is 11.3 Å². The Morgan fingerprint density at radius 1 is 1.06 bits per heavy atom. The van der Waals surface area contributed by atoms with E-state index in [0.717, 1.165) is 22.4 Å². The zero-order valence-electron chi connectivity index (χ0n) is 18.8. The summed E-state index contributed by atoms with van der Waals surface area (Å²) in [5.41, 5.74) is 3.95. The zero-order chi connectivity index (χ0) is 24.1. The highest BCUT2D eigenvalue weighted by atomic mass is 35.5. The van der Waals surface area contributed by atoms with Gasteiger partial charge in [0.2, 0.25) is 5.91 Å². The van der Waals surface area contributed by atoms with Crippen LogP contribution in [0.3, 0.4) is 0 Å². The lowest BCUT2D eigenvalue weighted by Gasteiger charge is -2.18. The van der Waals surface area contributed by atoms with Gasteiger partial charge in [0.25, 0.3) is 5.91 Å². The summed E-state index contributed by atoms with van der Waals surface area (Å²) in [6, 6.07) is 12.8. The molecule has 2 amide bonds. The number of likely N-dealkylation sites (N-methyl/N-ethyl adjacent to an activating group) is 1. The maximum atomic E-state index is 12.5. The molecule has 0 bridgehead atoms. The number of nitrogens with zero attached hydrogens (tertiary/aromatic N) is 2. The van der Waals surface area contributed by atoms with Crippen LogP contribution in [-0.2, 0) is 14.3 Å². The number of hydrogen-bond donors (Lipinski definition) is 1. The number of benzene rings is 2. The quantitative estimate of drug-likeness (QED) is 0.492. The molecule has 0 aliphatic heterocycles. The minimum Gasteiger partial charge on any atom is -0.451 e. The molecule has 0 unspecified atom stereocenters. The minimum atomic E-state index is -0.632. The third-order valence-corrected chi connectivity index (χ3v) is 6.39. The fourth-order valence-electron chi connectivity index (χ4n) is 3.10. The van der Waals surface area contributed by atoms with E-state index in [4.69, 9.17) is 16.3 Å². The molecule has 3 aromatic rings. The molecule has 1 N–H and O–H groups in total. The van der Waals surface area contributed by atoms with Gasteiger partial charge in [0.1, 0.15) is 9.88 Å². The average Bonchev–Trinajstić information content (AvgIpc) is 3.16. The number of aryl methyl sites for hydroxylation is 3. The zero-order valence-corrected chi connectivity index (χ0v) is 20.3. The van der Waals surface area contributed by atoms with Crippen LogP contribution >= 0.6 is 22.9 Å². The van der Waals surface area contributed by atoms with Gasteiger partial charge < -0.3 is 15.0 Å². The minimum absolute atomic E-state index is 0.162. The molecule has 1 aromatic heterocycles. The number of carbonyl (C=O) groups is 3. The highest BCUT2D eigenvalue weighted by Crippen LogP contribution is 2.29. The van der Waals surface area contributed by atoms with Crippen LogP contribution in [0.15, 0.2) is 42.5 Å². The lowest BCUT2D eigenvalue weighted by molar-refractivity contribution is -0.136. The first-order valence-electron chi connectivity index (χ1n) is 10.2. The van der Waals surface area contributed by atoms with Crippen molar-refractivity contribution in [3.05, 3.63) is 69.2 Å². The molecule has 3 rings (SSSR count). The second-order valence-electron chi connectivity index (χ2n) is 7.58. The Bertz CT molecular complexity index is 1170. The molecule has 0 radical (unpaired) electrons. The summed E-state index contributed by atoms with van der Waals surface area (Å²) in [7, 11) is 1.48. The molecule has 9 heteroatoms. The smallest absolute Gasteiger partial charge is 0.350 e. The third-order valence-electron chi connectivity index (χ3n) is 4.95. The third kappa shape index (κ3) is 6.18. The summed E-state index contributed by atoms with van der Waals surface area (Å²) in [6.45, 7) is 4.87. The first-order chi connectivity index (χ1) is 15.7. The van der Waals surface area contributed by atoms with Crippen LogP contribution in [0.25, 0.3) is 10.6 Å². The van der Waals surface area contributed by atoms with Crippen molar-refractivity contribution in [2.75, 3.05) is 25.5 Å². The number of halogens is 1. The molecule has 0 saturated carbocycles.